The highest BCUT2D eigenvalue weighted by Gasteiger charge is 2.27. The Labute approximate surface area is 110 Å². The molecule has 0 saturated heterocycles. The normalized spacial score (nSPS) is 18.7. The number of ketones is 2. The van der Waals surface area contributed by atoms with Crippen LogP contribution in [-0.4, -0.2) is 26.2 Å². The molecule has 2 aromatic heterocycles. The lowest BCUT2D eigenvalue weighted by Gasteiger charge is -2.20. The van der Waals surface area contributed by atoms with Gasteiger partial charge < -0.3 is 0 Å². The molecular weight excluding hydrogens is 242 g/mol. The number of rotatable bonds is 1. The molecule has 5 nitrogen and oxygen atoms in total. The van der Waals surface area contributed by atoms with Gasteiger partial charge in [0, 0.05) is 12.6 Å². The number of carbonyl (C=O) groups excluding carboxylic acids is 2. The lowest BCUT2D eigenvalue weighted by Crippen LogP contribution is -2.22. The van der Waals surface area contributed by atoms with Gasteiger partial charge in [0.05, 0.1) is 22.5 Å². The number of nitrogens with zero attached hydrogens (tertiary/aromatic N) is 3. The zero-order valence-electron chi connectivity index (χ0n) is 11.2. The second-order valence-corrected chi connectivity index (χ2v) is 5.31. The fourth-order valence-corrected chi connectivity index (χ4v) is 2.81. The molecule has 0 saturated carbocycles. The smallest absolute Gasteiger partial charge is 0.166 e. The first-order valence-corrected chi connectivity index (χ1v) is 6.40. The molecule has 0 amide bonds. The van der Waals surface area contributed by atoms with Crippen molar-refractivity contribution in [3.05, 3.63) is 28.7 Å². The zero-order valence-corrected chi connectivity index (χ0v) is 11.2. The quantitative estimate of drug-likeness (QED) is 0.733. The average Bonchev–Trinajstić information content (AvgIpc) is 2.65. The maximum Gasteiger partial charge on any atom is 0.166 e. The maximum absolute atomic E-state index is 12.0. The van der Waals surface area contributed by atoms with Crippen LogP contribution in [0.1, 0.15) is 52.4 Å². The molecule has 1 aliphatic rings. The molecule has 0 aromatic carbocycles. The number of fused-ring (bicyclic) bond motifs is 3. The van der Waals surface area contributed by atoms with E-state index in [0.29, 0.717) is 34.8 Å². The second kappa shape index (κ2) is 3.98. The van der Waals surface area contributed by atoms with Crippen molar-refractivity contribution in [1.82, 2.24) is 14.6 Å². The minimum Gasteiger partial charge on any atom is -0.294 e. The predicted octanol–water partition coefficient (Wildman–Crippen LogP) is 2.01. The Morgan fingerprint density at radius 1 is 1.42 bits per heavy atom. The van der Waals surface area contributed by atoms with Gasteiger partial charge in [0.25, 0.3) is 0 Å². The molecule has 0 bridgehead atoms. The standard InChI is InChI=1S/C14H15N3O2/c1-7-4-11-10(12(19)5-7)6-15-14-13(9(3)18)8(2)16-17(11)14/h6-7H,4-5H2,1-3H3. The maximum atomic E-state index is 12.0. The Kier molecular flexibility index (Phi) is 2.52. The molecule has 19 heavy (non-hydrogen) atoms. The molecule has 0 aliphatic heterocycles. The van der Waals surface area contributed by atoms with Gasteiger partial charge in [-0.15, -0.1) is 0 Å². The molecule has 1 unspecified atom stereocenters. The minimum absolute atomic E-state index is 0.0462. The first-order valence-electron chi connectivity index (χ1n) is 6.40. The summed E-state index contributed by atoms with van der Waals surface area (Å²) < 4.78 is 1.68. The van der Waals surface area contributed by atoms with Crippen molar-refractivity contribution in [2.24, 2.45) is 5.92 Å². The van der Waals surface area contributed by atoms with Crippen molar-refractivity contribution in [3.8, 4) is 0 Å². The summed E-state index contributed by atoms with van der Waals surface area (Å²) in [4.78, 5) is 28.0. The topological polar surface area (TPSA) is 64.3 Å². The third-order valence-corrected chi connectivity index (χ3v) is 3.65. The summed E-state index contributed by atoms with van der Waals surface area (Å²) in [6.45, 7) is 5.36. The van der Waals surface area contributed by atoms with E-state index in [4.69, 9.17) is 0 Å². The highest BCUT2D eigenvalue weighted by atomic mass is 16.1. The number of hydrogen-bond acceptors (Lipinski definition) is 4. The lowest BCUT2D eigenvalue weighted by molar-refractivity contribution is 0.0950. The summed E-state index contributed by atoms with van der Waals surface area (Å²) in [5, 5.41) is 4.40. The van der Waals surface area contributed by atoms with E-state index in [1.165, 1.54) is 6.92 Å². The van der Waals surface area contributed by atoms with E-state index < -0.39 is 0 Å². The molecule has 0 radical (unpaired) electrons. The third kappa shape index (κ3) is 1.69. The van der Waals surface area contributed by atoms with Gasteiger partial charge in [-0.05, 0) is 26.2 Å². The van der Waals surface area contributed by atoms with Crippen LogP contribution in [0.5, 0.6) is 0 Å². The van der Waals surface area contributed by atoms with Crippen molar-refractivity contribution in [3.63, 3.8) is 0 Å². The fraction of sp³-hybridized carbons (Fsp3) is 0.429. The van der Waals surface area contributed by atoms with Crippen LogP contribution in [0.25, 0.3) is 5.65 Å². The fourth-order valence-electron chi connectivity index (χ4n) is 2.81. The van der Waals surface area contributed by atoms with Crippen LogP contribution in [0.15, 0.2) is 6.20 Å². The SMILES string of the molecule is CC(=O)c1c(C)nn2c3c(cnc12)C(=O)CC(C)C3. The first kappa shape index (κ1) is 12.0. The average molecular weight is 257 g/mol. The second-order valence-electron chi connectivity index (χ2n) is 5.31. The van der Waals surface area contributed by atoms with Crippen molar-refractivity contribution >= 4 is 17.2 Å². The van der Waals surface area contributed by atoms with Gasteiger partial charge in [0.2, 0.25) is 0 Å². The van der Waals surface area contributed by atoms with Gasteiger partial charge in [0.15, 0.2) is 17.2 Å². The Hall–Kier alpha value is -2.04. The Morgan fingerprint density at radius 2 is 2.16 bits per heavy atom. The summed E-state index contributed by atoms with van der Waals surface area (Å²) >= 11 is 0. The third-order valence-electron chi connectivity index (χ3n) is 3.65. The van der Waals surface area contributed by atoms with Gasteiger partial charge >= 0.3 is 0 Å². The molecule has 0 spiro atoms. The van der Waals surface area contributed by atoms with Crippen LogP contribution in [0.3, 0.4) is 0 Å². The van der Waals surface area contributed by atoms with Gasteiger partial charge in [0.1, 0.15) is 0 Å². The van der Waals surface area contributed by atoms with Crippen LogP contribution >= 0.6 is 0 Å². The number of Topliss-reactive ketones (excluding diaryl/α,β-unsaturated/α-hetero) is 2. The lowest BCUT2D eigenvalue weighted by atomic mass is 9.88. The molecule has 0 N–H and O–H groups in total. The molecule has 1 aliphatic carbocycles. The molecule has 3 rings (SSSR count). The van der Waals surface area contributed by atoms with Crippen molar-refractivity contribution < 1.29 is 9.59 Å². The molecule has 5 heteroatoms. The number of carbonyl (C=O) groups is 2. The summed E-state index contributed by atoms with van der Waals surface area (Å²) in [6.07, 6.45) is 2.94. The van der Waals surface area contributed by atoms with Gasteiger partial charge in [-0.3, -0.25) is 9.59 Å². The Morgan fingerprint density at radius 3 is 2.84 bits per heavy atom. The molecular formula is C14H15N3O2. The number of aryl methyl sites for hydroxylation is 1. The number of aromatic nitrogens is 3. The van der Waals surface area contributed by atoms with E-state index in [-0.39, 0.29) is 11.6 Å². The number of hydrogen-bond donors (Lipinski definition) is 0. The predicted molar refractivity (Wildman–Crippen MR) is 69.5 cm³/mol. The van der Waals surface area contributed by atoms with Gasteiger partial charge in [-0.1, -0.05) is 6.92 Å². The summed E-state index contributed by atoms with van der Waals surface area (Å²) in [5.41, 5.74) is 3.30. The van der Waals surface area contributed by atoms with Gasteiger partial charge in [-0.25, -0.2) is 9.50 Å². The zero-order chi connectivity index (χ0) is 13.7. The summed E-state index contributed by atoms with van der Waals surface area (Å²) in [6, 6.07) is 0. The van der Waals surface area contributed by atoms with Crippen LogP contribution in [0.4, 0.5) is 0 Å². The van der Waals surface area contributed by atoms with Crippen LogP contribution < -0.4 is 0 Å². The Bertz CT molecular complexity index is 715. The van der Waals surface area contributed by atoms with Crippen molar-refractivity contribution in [2.75, 3.05) is 0 Å². The molecule has 2 heterocycles. The van der Waals surface area contributed by atoms with Crippen molar-refractivity contribution in [1.29, 1.82) is 0 Å². The first-order chi connectivity index (χ1) is 8.99. The van der Waals surface area contributed by atoms with Crippen LogP contribution in [-0.2, 0) is 6.42 Å². The molecule has 2 aromatic rings. The monoisotopic (exact) mass is 257 g/mol. The van der Waals surface area contributed by atoms with E-state index >= 15 is 0 Å². The van der Waals surface area contributed by atoms with Crippen molar-refractivity contribution in [2.45, 2.75) is 33.6 Å². The Balaban J connectivity index is 2.35. The largest absolute Gasteiger partial charge is 0.294 e. The molecule has 1 atom stereocenters. The minimum atomic E-state index is -0.0462. The summed E-state index contributed by atoms with van der Waals surface area (Å²) in [5.74, 6) is 0.367. The highest BCUT2D eigenvalue weighted by Crippen LogP contribution is 2.26. The molecule has 98 valence electrons. The highest BCUT2D eigenvalue weighted by molar-refractivity contribution is 6.02. The van der Waals surface area contributed by atoms with E-state index in [2.05, 4.69) is 17.0 Å². The molecule has 0 fully saturated rings. The van der Waals surface area contributed by atoms with E-state index in [0.717, 1.165) is 12.1 Å². The van der Waals surface area contributed by atoms with E-state index in [1.54, 1.807) is 17.6 Å². The van der Waals surface area contributed by atoms with E-state index in [1.807, 2.05) is 0 Å². The van der Waals surface area contributed by atoms with Crippen LogP contribution in [0.2, 0.25) is 0 Å². The summed E-state index contributed by atoms with van der Waals surface area (Å²) in [7, 11) is 0. The van der Waals surface area contributed by atoms with Crippen LogP contribution in [0, 0.1) is 12.8 Å². The van der Waals surface area contributed by atoms with E-state index in [9.17, 15) is 9.59 Å². The van der Waals surface area contributed by atoms with Gasteiger partial charge in [-0.2, -0.15) is 5.10 Å².